The Morgan fingerprint density at radius 3 is 2.39 bits per heavy atom. The van der Waals surface area contributed by atoms with Gasteiger partial charge in [0, 0.05) is 25.8 Å². The van der Waals surface area contributed by atoms with Crippen molar-refractivity contribution in [2.24, 2.45) is 0 Å². The fourth-order valence-electron chi connectivity index (χ4n) is 2.94. The molecular weight excluding hydrogens is 292 g/mol. The second-order valence-corrected chi connectivity index (χ2v) is 5.57. The normalized spacial score (nSPS) is 18.0. The molecule has 5 heteroatoms. The molecule has 1 saturated heterocycles. The van der Waals surface area contributed by atoms with Crippen molar-refractivity contribution in [3.05, 3.63) is 35.5 Å². The molecule has 0 radical (unpaired) electrons. The summed E-state index contributed by atoms with van der Waals surface area (Å²) in [4.78, 5) is 2.06. The largest absolute Gasteiger partial charge is 0.493 e. The average molecular weight is 316 g/mol. The number of methoxy groups -OCH3 is 3. The summed E-state index contributed by atoms with van der Waals surface area (Å²) in [5.41, 5.74) is 2.84. The summed E-state index contributed by atoms with van der Waals surface area (Å²) in [6, 6.07) is 6.06. The predicted octanol–water partition coefficient (Wildman–Crippen LogP) is 3.26. The van der Waals surface area contributed by atoms with Gasteiger partial charge in [0.1, 0.15) is 17.9 Å². The number of likely N-dealkylation sites (tertiary alicyclic amines) is 1. The van der Waals surface area contributed by atoms with Crippen LogP contribution in [0.2, 0.25) is 0 Å². The first-order valence-corrected chi connectivity index (χ1v) is 7.78. The Kier molecular flexibility index (Phi) is 5.89. The highest BCUT2D eigenvalue weighted by atomic mass is 16.5. The van der Waals surface area contributed by atoms with Crippen molar-refractivity contribution >= 4 is 0 Å². The maximum Gasteiger partial charge on any atom is 0.166 e. The van der Waals surface area contributed by atoms with Gasteiger partial charge >= 0.3 is 0 Å². The molecule has 1 aromatic carbocycles. The highest BCUT2D eigenvalue weighted by Crippen LogP contribution is 2.48. The number of hydrogen-bond donors (Lipinski definition) is 0. The van der Waals surface area contributed by atoms with Gasteiger partial charge in [-0.25, -0.2) is 0 Å². The number of allylic oxidation sites excluding steroid dienone is 1. The van der Waals surface area contributed by atoms with Gasteiger partial charge in [-0.05, 0) is 37.0 Å². The van der Waals surface area contributed by atoms with Crippen LogP contribution in [0.25, 0.3) is 0 Å². The first kappa shape index (κ1) is 17.2. The lowest BCUT2D eigenvalue weighted by molar-refractivity contribution is 0.121. The van der Waals surface area contributed by atoms with Crippen molar-refractivity contribution < 1.29 is 14.2 Å². The van der Waals surface area contributed by atoms with Gasteiger partial charge < -0.3 is 19.1 Å². The van der Waals surface area contributed by atoms with Crippen LogP contribution in [-0.2, 0) is 4.74 Å². The Morgan fingerprint density at radius 2 is 1.87 bits per heavy atom. The number of ether oxygens (including phenoxy) is 3. The van der Waals surface area contributed by atoms with E-state index in [9.17, 15) is 0 Å². The van der Waals surface area contributed by atoms with Crippen molar-refractivity contribution in [1.82, 2.24) is 4.90 Å². The fourth-order valence-corrected chi connectivity index (χ4v) is 2.94. The van der Waals surface area contributed by atoms with Crippen LogP contribution in [-0.4, -0.2) is 39.3 Å². The number of piperidine rings is 1. The Morgan fingerprint density at radius 1 is 1.17 bits per heavy atom. The van der Waals surface area contributed by atoms with E-state index < -0.39 is 0 Å². The molecule has 0 saturated carbocycles. The zero-order valence-corrected chi connectivity index (χ0v) is 14.1. The maximum atomic E-state index is 8.50. The Bertz CT molecular complexity index is 601. The van der Waals surface area contributed by atoms with Gasteiger partial charge in [0.05, 0.1) is 14.2 Å². The van der Waals surface area contributed by atoms with E-state index in [0.29, 0.717) is 5.70 Å². The van der Waals surface area contributed by atoms with Crippen molar-refractivity contribution in [1.29, 1.82) is 5.26 Å². The van der Waals surface area contributed by atoms with E-state index >= 15 is 0 Å². The second-order valence-electron chi connectivity index (χ2n) is 5.57. The molecule has 1 aliphatic heterocycles. The van der Waals surface area contributed by atoms with Crippen molar-refractivity contribution in [3.63, 3.8) is 0 Å². The molecule has 2 aliphatic carbocycles. The van der Waals surface area contributed by atoms with Crippen LogP contribution in [0, 0.1) is 11.3 Å². The van der Waals surface area contributed by atoms with Crippen LogP contribution >= 0.6 is 0 Å². The zero-order chi connectivity index (χ0) is 16.8. The molecule has 4 rings (SSSR count). The van der Waals surface area contributed by atoms with E-state index in [1.165, 1.54) is 19.3 Å². The number of rotatable bonds is 4. The molecule has 1 atom stereocenters. The Labute approximate surface area is 138 Å². The molecule has 1 unspecified atom stereocenters. The molecule has 1 aromatic rings. The van der Waals surface area contributed by atoms with Crippen molar-refractivity contribution in [3.8, 4) is 17.6 Å². The van der Waals surface area contributed by atoms with Gasteiger partial charge in [-0.3, -0.25) is 0 Å². The van der Waals surface area contributed by atoms with E-state index in [2.05, 4.69) is 23.6 Å². The Balaban J connectivity index is 0.000000174. The molecular formula is C18H24N2O3. The number of nitrogens with zero attached hydrogens (tertiary/aromatic N) is 2. The smallest absolute Gasteiger partial charge is 0.166 e. The third-order valence-electron chi connectivity index (χ3n) is 4.22. The lowest BCUT2D eigenvalue weighted by atomic mass is 9.88. The van der Waals surface area contributed by atoms with Crippen LogP contribution in [0.3, 0.4) is 0 Å². The van der Waals surface area contributed by atoms with Gasteiger partial charge in [-0.2, -0.15) is 5.26 Å². The standard InChI is InChI=1S/C10H12O3.C8H12N2/c1-11-8-5-6-4-7(9(6)12-2)10(8)13-3;1-8(7-9)10-5-3-2-4-6-10/h4-5,9H,1-3H3;1-6H2. The summed E-state index contributed by atoms with van der Waals surface area (Å²) >= 11 is 0. The van der Waals surface area contributed by atoms with Crippen LogP contribution in [0.4, 0.5) is 0 Å². The lowest BCUT2D eigenvalue weighted by Gasteiger charge is -2.29. The molecule has 0 aromatic heterocycles. The zero-order valence-electron chi connectivity index (χ0n) is 14.1. The summed E-state index contributed by atoms with van der Waals surface area (Å²) < 4.78 is 15.7. The van der Waals surface area contributed by atoms with Crippen molar-refractivity contribution in [2.75, 3.05) is 34.4 Å². The highest BCUT2D eigenvalue weighted by Gasteiger charge is 2.31. The first-order chi connectivity index (χ1) is 11.2. The van der Waals surface area contributed by atoms with Crippen molar-refractivity contribution in [2.45, 2.75) is 25.4 Å². The van der Waals surface area contributed by atoms with Crippen LogP contribution in [0.15, 0.2) is 24.4 Å². The highest BCUT2D eigenvalue weighted by molar-refractivity contribution is 5.59. The van der Waals surface area contributed by atoms with Gasteiger partial charge in [-0.1, -0.05) is 6.58 Å². The first-order valence-electron chi connectivity index (χ1n) is 7.78. The molecule has 1 fully saturated rings. The SMILES string of the molecule is C=C(C#N)N1CCCCC1.COc1cc2cc(c1OC)C2OC. The van der Waals surface area contributed by atoms with Crippen LogP contribution in [0.5, 0.6) is 11.5 Å². The number of fused-ring (bicyclic) bond motifs is 2. The second kappa shape index (κ2) is 7.89. The molecule has 3 aliphatic rings. The summed E-state index contributed by atoms with van der Waals surface area (Å²) in [6.45, 7) is 5.70. The summed E-state index contributed by atoms with van der Waals surface area (Å²) in [5, 5.41) is 8.50. The molecule has 2 bridgehead atoms. The van der Waals surface area contributed by atoms with Gasteiger partial charge in [0.2, 0.25) is 0 Å². The van der Waals surface area contributed by atoms with E-state index in [4.69, 9.17) is 19.5 Å². The molecule has 23 heavy (non-hydrogen) atoms. The molecule has 0 spiro atoms. The van der Waals surface area contributed by atoms with E-state index in [-0.39, 0.29) is 6.10 Å². The maximum absolute atomic E-state index is 8.50. The molecule has 124 valence electrons. The van der Waals surface area contributed by atoms with Gasteiger partial charge in [-0.15, -0.1) is 0 Å². The quantitative estimate of drug-likeness (QED) is 0.798. The predicted molar refractivity (Wildman–Crippen MR) is 88.6 cm³/mol. The minimum Gasteiger partial charge on any atom is -0.493 e. The monoisotopic (exact) mass is 316 g/mol. The van der Waals surface area contributed by atoms with Crippen LogP contribution < -0.4 is 9.47 Å². The van der Waals surface area contributed by atoms with Gasteiger partial charge in [0.25, 0.3) is 0 Å². The minimum atomic E-state index is 0.0776. The van der Waals surface area contributed by atoms with E-state index in [1.807, 2.05) is 6.07 Å². The number of benzene rings is 1. The summed E-state index contributed by atoms with van der Waals surface area (Å²) in [7, 11) is 4.97. The molecule has 5 nitrogen and oxygen atoms in total. The molecule has 1 heterocycles. The number of hydrogen-bond acceptors (Lipinski definition) is 5. The third kappa shape index (κ3) is 3.59. The molecule has 0 amide bonds. The fraction of sp³-hybridized carbons (Fsp3) is 0.500. The summed E-state index contributed by atoms with van der Waals surface area (Å²) in [6.07, 6.45) is 3.80. The lowest BCUT2D eigenvalue weighted by Crippen LogP contribution is -2.27. The average Bonchev–Trinajstić information content (AvgIpc) is 2.61. The third-order valence-corrected chi connectivity index (χ3v) is 4.22. The van der Waals surface area contributed by atoms with E-state index in [0.717, 1.165) is 35.7 Å². The number of nitriles is 1. The topological polar surface area (TPSA) is 54.7 Å². The van der Waals surface area contributed by atoms with Crippen LogP contribution in [0.1, 0.15) is 36.5 Å². The summed E-state index contributed by atoms with van der Waals surface area (Å²) in [5.74, 6) is 1.56. The van der Waals surface area contributed by atoms with E-state index in [1.54, 1.807) is 21.3 Å². The minimum absolute atomic E-state index is 0.0776. The Hall–Kier alpha value is -2.19. The van der Waals surface area contributed by atoms with Gasteiger partial charge in [0.15, 0.2) is 11.5 Å². The molecule has 0 N–H and O–H groups in total.